The number of fused-ring (bicyclic) bond motifs is 1. The molecule has 0 saturated carbocycles. The van der Waals surface area contributed by atoms with Crippen molar-refractivity contribution < 1.29 is 28.6 Å². The summed E-state index contributed by atoms with van der Waals surface area (Å²) < 4.78 is 17.3. The molecule has 0 aliphatic carbocycles. The van der Waals surface area contributed by atoms with E-state index in [1.807, 2.05) is 51.1 Å². The lowest BCUT2D eigenvalue weighted by molar-refractivity contribution is -0.137. The monoisotopic (exact) mass is 645 g/mol. The van der Waals surface area contributed by atoms with Gasteiger partial charge in [0.25, 0.3) is 0 Å². The van der Waals surface area contributed by atoms with Crippen LogP contribution in [0, 0.1) is 17.2 Å². The Hall–Kier alpha value is -4.33. The maximum absolute atomic E-state index is 13.7. The molecule has 3 atom stereocenters. The van der Waals surface area contributed by atoms with Crippen LogP contribution in [0.3, 0.4) is 0 Å². The van der Waals surface area contributed by atoms with E-state index in [9.17, 15) is 19.6 Å². The number of likely N-dealkylation sites (tertiary alicyclic amines) is 2. The number of ether oxygens (including phenoxy) is 3. The highest BCUT2D eigenvalue weighted by molar-refractivity contribution is 5.87. The number of pyridine rings is 1. The van der Waals surface area contributed by atoms with Gasteiger partial charge in [-0.05, 0) is 102 Å². The van der Waals surface area contributed by atoms with Crippen LogP contribution >= 0.6 is 0 Å². The standard InChI is InChI=1S/C36H47N5O6/c1-23(2)45-34(43)39-16-13-25(14-17-39)24(3)46-32-12-11-28(21-38-32)26-9-10-27-19-31(33(42)40-15-7-8-30(40)20-37)41(22-29(27)18-26)35(44)47-36(4,5)6/h9-12,18,21,23-25,30-31H,7-8,13-17,19,22H2,1-6H3. The minimum absolute atomic E-state index is 0.0566. The molecule has 0 bridgehead atoms. The van der Waals surface area contributed by atoms with E-state index in [2.05, 4.69) is 11.1 Å². The summed E-state index contributed by atoms with van der Waals surface area (Å²) in [6, 6.07) is 10.9. The minimum atomic E-state index is -0.738. The predicted molar refractivity (Wildman–Crippen MR) is 175 cm³/mol. The third kappa shape index (κ3) is 8.16. The maximum Gasteiger partial charge on any atom is 0.411 e. The number of aromatic nitrogens is 1. The number of benzene rings is 1. The molecule has 2 saturated heterocycles. The zero-order valence-corrected chi connectivity index (χ0v) is 28.4. The van der Waals surface area contributed by atoms with Crippen molar-refractivity contribution in [2.75, 3.05) is 19.6 Å². The summed E-state index contributed by atoms with van der Waals surface area (Å²) in [5, 5.41) is 9.60. The summed E-state index contributed by atoms with van der Waals surface area (Å²) in [7, 11) is 0. The minimum Gasteiger partial charge on any atom is -0.474 e. The van der Waals surface area contributed by atoms with Crippen LogP contribution < -0.4 is 4.74 Å². The van der Waals surface area contributed by atoms with Gasteiger partial charge in [0.05, 0.1) is 18.7 Å². The van der Waals surface area contributed by atoms with E-state index in [-0.39, 0.29) is 30.8 Å². The summed E-state index contributed by atoms with van der Waals surface area (Å²) >= 11 is 0. The van der Waals surface area contributed by atoms with Crippen LogP contribution in [0.2, 0.25) is 0 Å². The average Bonchev–Trinajstić information content (AvgIpc) is 3.52. The van der Waals surface area contributed by atoms with Crippen LogP contribution in [-0.4, -0.2) is 87.3 Å². The molecule has 252 valence electrons. The Labute approximate surface area is 277 Å². The normalized spacial score (nSPS) is 20.8. The Morgan fingerprint density at radius 2 is 1.66 bits per heavy atom. The molecular weight excluding hydrogens is 598 g/mol. The molecule has 3 aliphatic heterocycles. The van der Waals surface area contributed by atoms with Gasteiger partial charge in [-0.25, -0.2) is 14.6 Å². The molecule has 1 aromatic carbocycles. The lowest BCUT2D eigenvalue weighted by atomic mass is 9.90. The molecule has 4 heterocycles. The molecule has 3 unspecified atom stereocenters. The van der Waals surface area contributed by atoms with Gasteiger partial charge in [0.15, 0.2) is 0 Å². The second-order valence-electron chi connectivity index (χ2n) is 14.1. The Kier molecular flexibility index (Phi) is 10.3. The van der Waals surface area contributed by atoms with E-state index >= 15 is 0 Å². The Morgan fingerprint density at radius 3 is 2.30 bits per heavy atom. The molecule has 3 aliphatic rings. The summed E-state index contributed by atoms with van der Waals surface area (Å²) in [5.74, 6) is 0.638. The summed E-state index contributed by atoms with van der Waals surface area (Å²) in [4.78, 5) is 48.8. The molecule has 2 aromatic rings. The van der Waals surface area contributed by atoms with Crippen molar-refractivity contribution in [3.63, 3.8) is 0 Å². The highest BCUT2D eigenvalue weighted by Crippen LogP contribution is 2.32. The largest absolute Gasteiger partial charge is 0.474 e. The highest BCUT2D eigenvalue weighted by Gasteiger charge is 2.42. The molecule has 5 rings (SSSR count). The van der Waals surface area contributed by atoms with Gasteiger partial charge in [0, 0.05) is 43.9 Å². The third-order valence-electron chi connectivity index (χ3n) is 9.11. The number of nitriles is 1. The van der Waals surface area contributed by atoms with Crippen molar-refractivity contribution in [3.05, 3.63) is 47.7 Å². The number of piperidine rings is 1. The fourth-order valence-electron chi connectivity index (χ4n) is 6.59. The zero-order chi connectivity index (χ0) is 33.9. The molecule has 3 amide bonds. The number of amides is 3. The number of hydrogen-bond donors (Lipinski definition) is 0. The van der Waals surface area contributed by atoms with Crippen molar-refractivity contribution in [3.8, 4) is 23.1 Å². The topological polar surface area (TPSA) is 125 Å². The Morgan fingerprint density at radius 1 is 0.936 bits per heavy atom. The summed E-state index contributed by atoms with van der Waals surface area (Å²) in [5.41, 5.74) is 3.05. The van der Waals surface area contributed by atoms with Gasteiger partial charge in [-0.3, -0.25) is 9.69 Å². The van der Waals surface area contributed by atoms with Gasteiger partial charge in [-0.2, -0.15) is 5.26 Å². The van der Waals surface area contributed by atoms with Crippen LogP contribution in [-0.2, 0) is 27.2 Å². The molecule has 0 N–H and O–H groups in total. The molecule has 0 spiro atoms. The quantitative estimate of drug-likeness (QED) is 0.378. The predicted octanol–water partition coefficient (Wildman–Crippen LogP) is 5.95. The lowest BCUT2D eigenvalue weighted by Crippen LogP contribution is -2.55. The summed E-state index contributed by atoms with van der Waals surface area (Å²) in [6.45, 7) is 13.2. The molecule has 2 fully saturated rings. The zero-order valence-electron chi connectivity index (χ0n) is 28.4. The van der Waals surface area contributed by atoms with Crippen LogP contribution in [0.5, 0.6) is 5.88 Å². The second-order valence-corrected chi connectivity index (χ2v) is 14.1. The smallest absolute Gasteiger partial charge is 0.411 e. The number of nitrogens with zero attached hydrogens (tertiary/aromatic N) is 5. The van der Waals surface area contributed by atoms with Crippen LogP contribution in [0.25, 0.3) is 11.1 Å². The van der Waals surface area contributed by atoms with E-state index in [1.165, 1.54) is 4.90 Å². The SMILES string of the molecule is CC(C)OC(=O)N1CCC(C(C)Oc2ccc(-c3ccc4c(c3)CN(C(=O)OC(C)(C)C)C(C(=O)N3CCCC3C#N)C4)cn2)CC1. The number of rotatable bonds is 6. The third-order valence-corrected chi connectivity index (χ3v) is 9.11. The van der Waals surface area contributed by atoms with E-state index in [1.54, 1.807) is 36.8 Å². The van der Waals surface area contributed by atoms with E-state index in [0.717, 1.165) is 41.5 Å². The molecule has 11 nitrogen and oxygen atoms in total. The lowest BCUT2D eigenvalue weighted by Gasteiger charge is -2.39. The van der Waals surface area contributed by atoms with Crippen molar-refractivity contribution >= 4 is 18.1 Å². The van der Waals surface area contributed by atoms with Crippen molar-refractivity contribution in [1.82, 2.24) is 19.7 Å². The van der Waals surface area contributed by atoms with E-state index in [4.69, 9.17) is 14.2 Å². The highest BCUT2D eigenvalue weighted by atomic mass is 16.6. The molecule has 47 heavy (non-hydrogen) atoms. The van der Waals surface area contributed by atoms with E-state index in [0.29, 0.717) is 44.3 Å². The molecule has 0 radical (unpaired) electrons. The van der Waals surface area contributed by atoms with E-state index < -0.39 is 23.8 Å². The average molecular weight is 646 g/mol. The van der Waals surface area contributed by atoms with Crippen molar-refractivity contribution in [1.29, 1.82) is 5.26 Å². The first-order valence-electron chi connectivity index (χ1n) is 16.7. The number of hydrogen-bond acceptors (Lipinski definition) is 8. The van der Waals surface area contributed by atoms with Gasteiger partial charge in [0.2, 0.25) is 11.8 Å². The Bertz CT molecular complexity index is 1490. The van der Waals surface area contributed by atoms with Crippen LogP contribution in [0.1, 0.15) is 78.4 Å². The van der Waals surface area contributed by atoms with Gasteiger partial charge in [-0.15, -0.1) is 0 Å². The first-order valence-corrected chi connectivity index (χ1v) is 16.7. The fourth-order valence-corrected chi connectivity index (χ4v) is 6.59. The van der Waals surface area contributed by atoms with Crippen molar-refractivity contribution in [2.45, 2.75) is 110 Å². The summed E-state index contributed by atoms with van der Waals surface area (Å²) in [6.07, 6.45) is 4.24. The first-order chi connectivity index (χ1) is 22.3. The second kappa shape index (κ2) is 14.2. The van der Waals surface area contributed by atoms with Crippen LogP contribution in [0.15, 0.2) is 36.5 Å². The number of carbonyl (C=O) groups excluding carboxylic acids is 3. The van der Waals surface area contributed by atoms with Crippen LogP contribution in [0.4, 0.5) is 9.59 Å². The Balaban J connectivity index is 1.26. The first kappa shape index (κ1) is 34.0. The van der Waals surface area contributed by atoms with Gasteiger partial charge in [0.1, 0.15) is 23.8 Å². The maximum atomic E-state index is 13.7. The molecular formula is C36H47N5O6. The molecule has 11 heteroatoms. The molecule has 1 aromatic heterocycles. The number of carbonyl (C=O) groups is 3. The van der Waals surface area contributed by atoms with Crippen molar-refractivity contribution in [2.24, 2.45) is 5.92 Å². The van der Waals surface area contributed by atoms with Gasteiger partial charge >= 0.3 is 12.2 Å². The van der Waals surface area contributed by atoms with Gasteiger partial charge in [-0.1, -0.05) is 12.1 Å². The van der Waals surface area contributed by atoms with Gasteiger partial charge < -0.3 is 24.0 Å². The fraction of sp³-hybridized carbons (Fsp3) is 0.583.